The SMILES string of the molecule is CCCCCC=CCC=CCCCCCCCC(=O)OCCCCCCCCCCCCCCCCCCCC. The number of esters is 1. The maximum atomic E-state index is 11.9. The van der Waals surface area contributed by atoms with E-state index in [1.165, 1.54) is 161 Å². The molecule has 0 N–H and O–H groups in total. The van der Waals surface area contributed by atoms with Crippen LogP contribution >= 0.6 is 0 Å². The smallest absolute Gasteiger partial charge is 0.305 e. The summed E-state index contributed by atoms with van der Waals surface area (Å²) in [6.45, 7) is 5.17. The van der Waals surface area contributed by atoms with E-state index in [-0.39, 0.29) is 5.97 Å². The normalized spacial score (nSPS) is 11.8. The van der Waals surface area contributed by atoms with Gasteiger partial charge in [0.05, 0.1) is 6.61 Å². The van der Waals surface area contributed by atoms with E-state index >= 15 is 0 Å². The van der Waals surface area contributed by atoms with E-state index in [4.69, 9.17) is 4.74 Å². The summed E-state index contributed by atoms with van der Waals surface area (Å²) in [6.07, 6.45) is 48.1. The van der Waals surface area contributed by atoms with Crippen molar-refractivity contribution in [3.05, 3.63) is 24.3 Å². The zero-order valence-corrected chi connectivity index (χ0v) is 27.5. The third kappa shape index (κ3) is 35.0. The molecule has 0 rings (SSSR count). The Morgan fingerprint density at radius 3 is 1.25 bits per heavy atom. The van der Waals surface area contributed by atoms with E-state index in [2.05, 4.69) is 38.2 Å². The third-order valence-corrected chi connectivity index (χ3v) is 8.09. The average molecular weight is 561 g/mol. The highest BCUT2D eigenvalue weighted by Gasteiger charge is 2.02. The molecular formula is C38H72O2. The highest BCUT2D eigenvalue weighted by molar-refractivity contribution is 5.69. The monoisotopic (exact) mass is 561 g/mol. The summed E-state index contributed by atoms with van der Waals surface area (Å²) < 4.78 is 5.44. The predicted molar refractivity (Wildman–Crippen MR) is 179 cm³/mol. The van der Waals surface area contributed by atoms with Crippen LogP contribution < -0.4 is 0 Å². The molecule has 0 aromatic carbocycles. The number of carbonyl (C=O) groups is 1. The Hall–Kier alpha value is -1.05. The molecule has 0 saturated carbocycles. The van der Waals surface area contributed by atoms with Crippen LogP contribution in [0.1, 0.15) is 206 Å². The minimum atomic E-state index is 0.0117. The molecule has 0 aliphatic carbocycles. The van der Waals surface area contributed by atoms with Gasteiger partial charge in [0.25, 0.3) is 0 Å². The molecule has 0 spiro atoms. The zero-order chi connectivity index (χ0) is 29.0. The largest absolute Gasteiger partial charge is 0.466 e. The first-order valence-electron chi connectivity index (χ1n) is 18.3. The van der Waals surface area contributed by atoms with Crippen molar-refractivity contribution >= 4 is 5.97 Å². The Morgan fingerprint density at radius 2 is 0.775 bits per heavy atom. The van der Waals surface area contributed by atoms with Gasteiger partial charge in [0.15, 0.2) is 0 Å². The van der Waals surface area contributed by atoms with Crippen molar-refractivity contribution in [2.45, 2.75) is 206 Å². The number of hydrogen-bond acceptors (Lipinski definition) is 2. The van der Waals surface area contributed by atoms with Crippen LogP contribution in [-0.4, -0.2) is 12.6 Å². The number of carbonyl (C=O) groups excluding carboxylic acids is 1. The molecule has 0 aliphatic heterocycles. The minimum Gasteiger partial charge on any atom is -0.466 e. The van der Waals surface area contributed by atoms with Gasteiger partial charge in [-0.15, -0.1) is 0 Å². The number of ether oxygens (including phenoxy) is 1. The third-order valence-electron chi connectivity index (χ3n) is 8.09. The van der Waals surface area contributed by atoms with Gasteiger partial charge in [-0.2, -0.15) is 0 Å². The molecule has 0 aromatic heterocycles. The van der Waals surface area contributed by atoms with Crippen LogP contribution in [0.5, 0.6) is 0 Å². The number of rotatable bonds is 33. The fraction of sp³-hybridized carbons (Fsp3) is 0.868. The Balaban J connectivity index is 3.21. The van der Waals surface area contributed by atoms with Crippen LogP contribution in [0.3, 0.4) is 0 Å². The van der Waals surface area contributed by atoms with Crippen molar-refractivity contribution in [1.29, 1.82) is 0 Å². The Labute approximate surface area is 252 Å². The van der Waals surface area contributed by atoms with E-state index in [1.807, 2.05) is 0 Å². The lowest BCUT2D eigenvalue weighted by molar-refractivity contribution is -0.143. The first-order valence-corrected chi connectivity index (χ1v) is 18.3. The van der Waals surface area contributed by atoms with Gasteiger partial charge in [-0.3, -0.25) is 4.79 Å². The van der Waals surface area contributed by atoms with Crippen molar-refractivity contribution < 1.29 is 9.53 Å². The Morgan fingerprint density at radius 1 is 0.425 bits per heavy atom. The highest BCUT2D eigenvalue weighted by Crippen LogP contribution is 2.14. The maximum Gasteiger partial charge on any atom is 0.305 e. The predicted octanol–water partition coefficient (Wildman–Crippen LogP) is 13.4. The molecule has 0 radical (unpaired) electrons. The number of unbranched alkanes of at least 4 members (excludes halogenated alkanes) is 25. The quantitative estimate of drug-likeness (QED) is 0.0453. The lowest BCUT2D eigenvalue weighted by atomic mass is 10.0. The lowest BCUT2D eigenvalue weighted by Crippen LogP contribution is -2.05. The van der Waals surface area contributed by atoms with Gasteiger partial charge < -0.3 is 4.74 Å². The van der Waals surface area contributed by atoms with Crippen molar-refractivity contribution in [2.24, 2.45) is 0 Å². The average Bonchev–Trinajstić information content (AvgIpc) is 2.96. The van der Waals surface area contributed by atoms with E-state index < -0.39 is 0 Å². The fourth-order valence-corrected chi connectivity index (χ4v) is 5.34. The van der Waals surface area contributed by atoms with Gasteiger partial charge >= 0.3 is 5.97 Å². The van der Waals surface area contributed by atoms with Gasteiger partial charge in [0.1, 0.15) is 0 Å². The molecular weight excluding hydrogens is 488 g/mol. The summed E-state index contributed by atoms with van der Waals surface area (Å²) in [5.41, 5.74) is 0. The summed E-state index contributed by atoms with van der Waals surface area (Å²) >= 11 is 0. The van der Waals surface area contributed by atoms with Gasteiger partial charge in [-0.05, 0) is 44.9 Å². The fourth-order valence-electron chi connectivity index (χ4n) is 5.34. The molecule has 2 heteroatoms. The summed E-state index contributed by atoms with van der Waals surface area (Å²) in [7, 11) is 0. The van der Waals surface area contributed by atoms with Gasteiger partial charge in [-0.1, -0.05) is 179 Å². The number of allylic oxidation sites excluding steroid dienone is 4. The second kappa shape index (κ2) is 36.0. The second-order valence-electron chi connectivity index (χ2n) is 12.2. The molecule has 0 saturated heterocycles. The molecule has 2 nitrogen and oxygen atoms in total. The molecule has 40 heavy (non-hydrogen) atoms. The van der Waals surface area contributed by atoms with E-state index in [0.29, 0.717) is 13.0 Å². The van der Waals surface area contributed by atoms with E-state index in [1.54, 1.807) is 0 Å². The Bertz CT molecular complexity index is 536. The standard InChI is InChI=1S/C38H72O2/c1-3-5-7-9-11-13-15-17-19-20-21-23-25-27-29-31-33-35-37-40-38(39)36-34-32-30-28-26-24-22-18-16-14-12-10-8-6-4-2/h12,14,18,22H,3-11,13,15-17,19-21,23-37H2,1-2H3. The van der Waals surface area contributed by atoms with Gasteiger partial charge in [0, 0.05) is 6.42 Å². The second-order valence-corrected chi connectivity index (χ2v) is 12.2. The van der Waals surface area contributed by atoms with Crippen molar-refractivity contribution in [1.82, 2.24) is 0 Å². The molecule has 0 atom stereocenters. The molecule has 0 heterocycles. The zero-order valence-electron chi connectivity index (χ0n) is 27.5. The topological polar surface area (TPSA) is 26.3 Å². The first kappa shape index (κ1) is 39.0. The van der Waals surface area contributed by atoms with Crippen LogP contribution in [0.2, 0.25) is 0 Å². The summed E-state index contributed by atoms with van der Waals surface area (Å²) in [5, 5.41) is 0. The highest BCUT2D eigenvalue weighted by atomic mass is 16.5. The first-order chi connectivity index (χ1) is 19.8. The molecule has 0 aliphatic rings. The molecule has 0 amide bonds. The molecule has 0 aromatic rings. The van der Waals surface area contributed by atoms with Crippen molar-refractivity contribution in [2.75, 3.05) is 6.61 Å². The summed E-state index contributed by atoms with van der Waals surface area (Å²) in [6, 6.07) is 0. The Kier molecular flexibility index (Phi) is 35.0. The molecule has 236 valence electrons. The molecule has 0 bridgehead atoms. The van der Waals surface area contributed by atoms with Crippen LogP contribution in [0.15, 0.2) is 24.3 Å². The van der Waals surface area contributed by atoms with Gasteiger partial charge in [0.2, 0.25) is 0 Å². The van der Waals surface area contributed by atoms with Gasteiger partial charge in [-0.25, -0.2) is 0 Å². The maximum absolute atomic E-state index is 11.9. The van der Waals surface area contributed by atoms with E-state index in [9.17, 15) is 4.79 Å². The van der Waals surface area contributed by atoms with Crippen molar-refractivity contribution in [3.8, 4) is 0 Å². The van der Waals surface area contributed by atoms with E-state index in [0.717, 1.165) is 25.7 Å². The van der Waals surface area contributed by atoms with Crippen LogP contribution in [0.25, 0.3) is 0 Å². The number of hydrogen-bond donors (Lipinski definition) is 0. The van der Waals surface area contributed by atoms with Crippen LogP contribution in [-0.2, 0) is 9.53 Å². The lowest BCUT2D eigenvalue weighted by Gasteiger charge is -2.05. The van der Waals surface area contributed by atoms with Crippen molar-refractivity contribution in [3.63, 3.8) is 0 Å². The molecule has 0 fully saturated rings. The minimum absolute atomic E-state index is 0.0117. The summed E-state index contributed by atoms with van der Waals surface area (Å²) in [4.78, 5) is 11.9. The molecule has 0 unspecified atom stereocenters. The van der Waals surface area contributed by atoms with Crippen LogP contribution in [0.4, 0.5) is 0 Å². The summed E-state index contributed by atoms with van der Waals surface area (Å²) in [5.74, 6) is 0.0117. The van der Waals surface area contributed by atoms with Crippen LogP contribution in [0, 0.1) is 0 Å².